The Balaban J connectivity index is 1.90. The lowest BCUT2D eigenvalue weighted by Crippen LogP contribution is -2.56. The molecule has 0 spiro atoms. The number of nitrogens with zero attached hydrogens (tertiary/aromatic N) is 2. The highest BCUT2D eigenvalue weighted by Crippen LogP contribution is 2.50. The molecule has 1 aromatic heterocycles. The summed E-state index contributed by atoms with van der Waals surface area (Å²) < 4.78 is 13.0. The van der Waals surface area contributed by atoms with Crippen molar-refractivity contribution in [2.24, 2.45) is 11.8 Å². The molecule has 4 atom stereocenters. The van der Waals surface area contributed by atoms with Crippen molar-refractivity contribution in [3.63, 3.8) is 0 Å². The maximum atomic E-state index is 11.4. The zero-order chi connectivity index (χ0) is 17.3. The van der Waals surface area contributed by atoms with E-state index < -0.39 is 5.72 Å². The monoisotopic (exact) mass is 323 g/mol. The summed E-state index contributed by atoms with van der Waals surface area (Å²) in [6.45, 7) is 6.29. The van der Waals surface area contributed by atoms with Crippen LogP contribution in [0.15, 0.2) is 0 Å². The van der Waals surface area contributed by atoms with Gasteiger partial charge in [0.05, 0.1) is 5.69 Å². The number of ether oxygens (including phenoxy) is 1. The second-order valence-corrected chi connectivity index (χ2v) is 6.85. The van der Waals surface area contributed by atoms with Crippen LogP contribution >= 0.6 is 0 Å². The fourth-order valence-corrected chi connectivity index (χ4v) is 4.15. The van der Waals surface area contributed by atoms with Crippen LogP contribution in [-0.4, -0.2) is 40.1 Å². The summed E-state index contributed by atoms with van der Waals surface area (Å²) in [5.41, 5.74) is 0.417. The minimum atomic E-state index is -1.08. The Kier molecular flexibility index (Phi) is 4.11. The summed E-state index contributed by atoms with van der Waals surface area (Å²) >= 11 is 0. The highest BCUT2D eigenvalue weighted by Gasteiger charge is 2.58. The van der Waals surface area contributed by atoms with Crippen LogP contribution < -0.4 is 10.1 Å². The molecule has 0 unspecified atom stereocenters. The van der Waals surface area contributed by atoms with Gasteiger partial charge in [0, 0.05) is 18.4 Å². The van der Waals surface area contributed by atoms with Crippen molar-refractivity contribution in [2.45, 2.75) is 64.7 Å². The normalized spacial score (nSPS) is 32.5. The van der Waals surface area contributed by atoms with E-state index in [1.807, 2.05) is 13.8 Å². The van der Waals surface area contributed by atoms with Crippen LogP contribution in [0.1, 0.15) is 50.5 Å². The molecule has 6 heteroatoms. The van der Waals surface area contributed by atoms with E-state index in [-0.39, 0.29) is 17.9 Å². The molecule has 0 radical (unpaired) electrons. The Hall–Kier alpha value is -1.40. The van der Waals surface area contributed by atoms with Crippen molar-refractivity contribution in [1.82, 2.24) is 9.97 Å². The van der Waals surface area contributed by atoms with Gasteiger partial charge in [0.25, 0.3) is 0 Å². The predicted octanol–water partition coefficient (Wildman–Crippen LogP) is 2.16. The van der Waals surface area contributed by atoms with Crippen LogP contribution in [0.2, 0.25) is 0 Å². The van der Waals surface area contributed by atoms with Gasteiger partial charge in [0.1, 0.15) is 11.5 Å². The van der Waals surface area contributed by atoms with Gasteiger partial charge >= 0.3 is 0 Å². The topological polar surface area (TPSA) is 87.5 Å². The molecule has 0 saturated heterocycles. The number of fused-ring (bicyclic) bond motifs is 2. The summed E-state index contributed by atoms with van der Waals surface area (Å²) in [6, 6.07) is 0. The summed E-state index contributed by atoms with van der Waals surface area (Å²) in [5.74, 6) is 1.55. The molecule has 3 rings (SSSR count). The molecule has 6 nitrogen and oxygen atoms in total. The Morgan fingerprint density at radius 3 is 2.96 bits per heavy atom. The Morgan fingerprint density at radius 1 is 1.39 bits per heavy atom. The molecule has 2 heterocycles. The van der Waals surface area contributed by atoms with Crippen LogP contribution in [0.3, 0.4) is 0 Å². The summed E-state index contributed by atoms with van der Waals surface area (Å²) in [4.78, 5) is 8.79. The van der Waals surface area contributed by atoms with E-state index >= 15 is 0 Å². The third kappa shape index (κ3) is 2.78. The van der Waals surface area contributed by atoms with Crippen molar-refractivity contribution in [3.05, 3.63) is 11.5 Å². The van der Waals surface area contributed by atoms with Gasteiger partial charge in [-0.25, -0.2) is 4.98 Å². The van der Waals surface area contributed by atoms with Gasteiger partial charge in [-0.3, -0.25) is 0 Å². The molecule has 0 aromatic carbocycles. The van der Waals surface area contributed by atoms with E-state index in [0.717, 1.165) is 37.8 Å². The lowest BCUT2D eigenvalue weighted by molar-refractivity contribution is -0.0696. The average molecular weight is 323 g/mol. The van der Waals surface area contributed by atoms with Crippen molar-refractivity contribution >= 4 is 5.69 Å². The molecule has 1 fully saturated rings. The number of nitrogens with one attached hydrogen (secondary N) is 1. The van der Waals surface area contributed by atoms with E-state index in [1.54, 1.807) is 0 Å². The Bertz CT molecular complexity index is 601. The maximum Gasteiger partial charge on any atom is 0.241 e. The predicted molar refractivity (Wildman–Crippen MR) is 87.3 cm³/mol. The standard InChI is InChI=1S/C17H27N3O3/c1-4-6-13-9-12(7-5-8-21)15-17(13,22)20-14-10(2)18-11(3)19-16(14)23-15/h12-13,15,20-22H,4-9H2,1-3H3/t12-,13-,15-,17-/m0/s1/i21T. The van der Waals surface area contributed by atoms with Gasteiger partial charge in [-0.05, 0) is 39.5 Å². The van der Waals surface area contributed by atoms with Gasteiger partial charge < -0.3 is 20.3 Å². The fraction of sp³-hybridized carbons (Fsp3) is 0.765. The number of aliphatic hydroxyl groups excluding tert-OH is 1. The fourth-order valence-electron chi connectivity index (χ4n) is 4.15. The Morgan fingerprint density at radius 2 is 2.22 bits per heavy atom. The van der Waals surface area contributed by atoms with E-state index in [2.05, 4.69) is 27.3 Å². The first-order valence-corrected chi connectivity index (χ1v) is 8.60. The van der Waals surface area contributed by atoms with Gasteiger partial charge in [0.15, 0.2) is 11.8 Å². The lowest BCUT2D eigenvalue weighted by Gasteiger charge is -2.42. The minimum absolute atomic E-state index is 0.128. The summed E-state index contributed by atoms with van der Waals surface area (Å²) in [7, 11) is 0. The number of aromatic nitrogens is 2. The van der Waals surface area contributed by atoms with Crippen molar-refractivity contribution in [3.8, 4) is 5.88 Å². The number of anilines is 1. The number of aryl methyl sites for hydroxylation is 2. The molecule has 1 saturated carbocycles. The van der Waals surface area contributed by atoms with Crippen molar-refractivity contribution in [2.75, 3.05) is 11.9 Å². The maximum absolute atomic E-state index is 11.4. The zero-order valence-corrected chi connectivity index (χ0v) is 14.1. The first kappa shape index (κ1) is 15.1. The molecule has 1 aromatic rings. The second-order valence-electron chi connectivity index (χ2n) is 6.85. The minimum Gasteiger partial charge on any atom is -0.467 e. The molecular weight excluding hydrogens is 294 g/mol. The smallest absolute Gasteiger partial charge is 0.241 e. The van der Waals surface area contributed by atoms with Crippen molar-refractivity contribution < 1.29 is 15.0 Å². The second kappa shape index (κ2) is 6.24. The third-order valence-corrected chi connectivity index (χ3v) is 5.16. The first-order chi connectivity index (χ1) is 11.5. The number of hydrogen-bond acceptors (Lipinski definition) is 6. The molecule has 1 aliphatic carbocycles. The molecule has 0 bridgehead atoms. The quantitative estimate of drug-likeness (QED) is 0.695. The highest BCUT2D eigenvalue weighted by molar-refractivity contribution is 5.60. The van der Waals surface area contributed by atoms with Crippen LogP contribution in [0.5, 0.6) is 5.88 Å². The molecule has 0 amide bonds. The summed E-state index contributed by atoms with van der Waals surface area (Å²) in [6.07, 6.45) is 4.18. The molecule has 23 heavy (non-hydrogen) atoms. The third-order valence-electron chi connectivity index (χ3n) is 5.16. The number of aliphatic hydroxyl groups is 2. The Labute approximate surface area is 138 Å². The lowest BCUT2D eigenvalue weighted by atomic mass is 9.92. The molecular formula is C17H27N3O3. The SMILES string of the molecule is [3H]OCCC[C@H]1C[C@H](CCC)[C@@]2(O)Nc3c(C)nc(C)nc3O[C@@H]12. The van der Waals surface area contributed by atoms with E-state index in [4.69, 9.17) is 6.17 Å². The van der Waals surface area contributed by atoms with Gasteiger partial charge in [0.2, 0.25) is 7.31 Å². The number of rotatable bonds is 6. The molecule has 1 aliphatic heterocycles. The van der Waals surface area contributed by atoms with Crippen molar-refractivity contribution in [1.29, 1.82) is 1.43 Å². The number of hydrogen-bond donors (Lipinski definition) is 3. The van der Waals surface area contributed by atoms with E-state index in [9.17, 15) is 5.11 Å². The average Bonchev–Trinajstić information content (AvgIpc) is 2.79. The van der Waals surface area contributed by atoms with Gasteiger partial charge in [-0.2, -0.15) is 4.98 Å². The van der Waals surface area contributed by atoms with Crippen LogP contribution in [-0.2, 0) is 0 Å². The van der Waals surface area contributed by atoms with E-state index in [1.165, 1.54) is 0 Å². The van der Waals surface area contributed by atoms with Gasteiger partial charge in [-0.1, -0.05) is 13.3 Å². The molecule has 3 N–H and O–H groups in total. The van der Waals surface area contributed by atoms with Crippen LogP contribution in [0.25, 0.3) is 0 Å². The van der Waals surface area contributed by atoms with Crippen LogP contribution in [0.4, 0.5) is 5.69 Å². The largest absolute Gasteiger partial charge is 0.467 e. The highest BCUT2D eigenvalue weighted by atomic mass is 16.5. The van der Waals surface area contributed by atoms with Gasteiger partial charge in [-0.15, -0.1) is 0 Å². The molecule has 128 valence electrons. The first-order valence-electron chi connectivity index (χ1n) is 9.01. The van der Waals surface area contributed by atoms with Crippen LogP contribution in [0, 0.1) is 25.7 Å². The molecule has 2 aliphatic rings. The van der Waals surface area contributed by atoms with E-state index in [0.29, 0.717) is 24.0 Å². The zero-order valence-electron chi connectivity index (χ0n) is 15.1. The summed E-state index contributed by atoms with van der Waals surface area (Å²) in [5, 5.41) is 19.2.